The molecule has 0 bridgehead atoms. The van der Waals surface area contributed by atoms with Crippen molar-refractivity contribution in [1.29, 1.82) is 0 Å². The van der Waals surface area contributed by atoms with E-state index < -0.39 is 0 Å². The van der Waals surface area contributed by atoms with Crippen molar-refractivity contribution in [3.05, 3.63) is 40.3 Å². The summed E-state index contributed by atoms with van der Waals surface area (Å²) in [5.41, 5.74) is 2.70. The summed E-state index contributed by atoms with van der Waals surface area (Å²) in [6.45, 7) is 0. The fourth-order valence-electron chi connectivity index (χ4n) is 1.75. The van der Waals surface area contributed by atoms with Crippen LogP contribution >= 0.6 is 27.5 Å². The number of pyridine rings is 1. The molecule has 0 aromatic carbocycles. The molecule has 86 valence electrons. The number of nitrogens with zero attached hydrogens (tertiary/aromatic N) is 4. The third-order valence-electron chi connectivity index (χ3n) is 2.52. The Morgan fingerprint density at radius 3 is 2.82 bits per heavy atom. The highest BCUT2D eigenvalue weighted by Crippen LogP contribution is 2.27. The Kier molecular flexibility index (Phi) is 2.45. The molecule has 0 saturated carbocycles. The Morgan fingerprint density at radius 2 is 2.12 bits per heavy atom. The fraction of sp³-hybridized carbons (Fsp3) is 0.0909. The Morgan fingerprint density at radius 1 is 1.29 bits per heavy atom. The molecule has 3 aromatic heterocycles. The summed E-state index contributed by atoms with van der Waals surface area (Å²) in [5, 5.41) is 4.99. The van der Waals surface area contributed by atoms with Crippen molar-refractivity contribution in [2.24, 2.45) is 7.05 Å². The van der Waals surface area contributed by atoms with Gasteiger partial charge < -0.3 is 0 Å². The van der Waals surface area contributed by atoms with Gasteiger partial charge in [0, 0.05) is 25.0 Å². The van der Waals surface area contributed by atoms with E-state index in [0.717, 1.165) is 21.4 Å². The van der Waals surface area contributed by atoms with Gasteiger partial charge in [-0.25, -0.2) is 4.98 Å². The number of hydrogen-bond donors (Lipinski definition) is 0. The van der Waals surface area contributed by atoms with Crippen LogP contribution < -0.4 is 0 Å². The maximum Gasteiger partial charge on any atom is 0.137 e. The monoisotopic (exact) mass is 310 g/mol. The van der Waals surface area contributed by atoms with Crippen LogP contribution in [0.4, 0.5) is 0 Å². The van der Waals surface area contributed by atoms with Crippen molar-refractivity contribution in [1.82, 2.24) is 19.2 Å². The first-order valence-corrected chi connectivity index (χ1v) is 6.14. The molecule has 0 unspecified atom stereocenters. The molecule has 3 aromatic rings. The number of hydrogen-bond acceptors (Lipinski definition) is 2. The second-order valence-corrected chi connectivity index (χ2v) is 4.97. The molecular formula is C11H8BrClN4. The Balaban J connectivity index is 2.23. The maximum atomic E-state index is 6.04. The van der Waals surface area contributed by atoms with Gasteiger partial charge in [0.15, 0.2) is 0 Å². The van der Waals surface area contributed by atoms with Crippen LogP contribution in [0, 0.1) is 0 Å². The lowest BCUT2D eigenvalue weighted by Crippen LogP contribution is -1.90. The normalized spacial score (nSPS) is 11.2. The van der Waals surface area contributed by atoms with Crippen molar-refractivity contribution in [2.75, 3.05) is 0 Å². The number of aromatic nitrogens is 4. The van der Waals surface area contributed by atoms with Gasteiger partial charge in [0.2, 0.25) is 0 Å². The molecule has 0 radical (unpaired) electrons. The summed E-state index contributed by atoms with van der Waals surface area (Å²) in [5.74, 6) is 0. The van der Waals surface area contributed by atoms with Crippen molar-refractivity contribution in [3.63, 3.8) is 0 Å². The molecule has 6 heteroatoms. The first-order valence-electron chi connectivity index (χ1n) is 4.97. The van der Waals surface area contributed by atoms with E-state index in [1.807, 2.05) is 36.0 Å². The predicted molar refractivity (Wildman–Crippen MR) is 70.1 cm³/mol. The van der Waals surface area contributed by atoms with Crippen LogP contribution in [-0.2, 0) is 7.05 Å². The second-order valence-electron chi connectivity index (χ2n) is 3.73. The predicted octanol–water partition coefficient (Wildman–Crippen LogP) is 3.15. The zero-order valence-electron chi connectivity index (χ0n) is 8.93. The van der Waals surface area contributed by atoms with E-state index in [-0.39, 0.29) is 0 Å². The third kappa shape index (κ3) is 1.75. The van der Waals surface area contributed by atoms with Gasteiger partial charge in [-0.15, -0.1) is 0 Å². The van der Waals surface area contributed by atoms with Crippen molar-refractivity contribution in [3.8, 4) is 11.3 Å². The van der Waals surface area contributed by atoms with Crippen molar-refractivity contribution < 1.29 is 0 Å². The lowest BCUT2D eigenvalue weighted by molar-refractivity contribution is 0.770. The number of halogens is 2. The van der Waals surface area contributed by atoms with Gasteiger partial charge in [-0.05, 0) is 28.1 Å². The number of rotatable bonds is 1. The highest BCUT2D eigenvalue weighted by molar-refractivity contribution is 9.10. The van der Waals surface area contributed by atoms with Gasteiger partial charge in [0.1, 0.15) is 16.5 Å². The molecule has 17 heavy (non-hydrogen) atoms. The van der Waals surface area contributed by atoms with Gasteiger partial charge in [-0.3, -0.25) is 9.08 Å². The van der Waals surface area contributed by atoms with Crippen LogP contribution in [0.2, 0.25) is 5.15 Å². The molecule has 0 fully saturated rings. The zero-order chi connectivity index (χ0) is 12.0. The largest absolute Gasteiger partial charge is 0.290 e. The quantitative estimate of drug-likeness (QED) is 0.692. The van der Waals surface area contributed by atoms with Crippen LogP contribution in [0.1, 0.15) is 0 Å². The Labute approximate surface area is 111 Å². The molecule has 3 rings (SSSR count). The topological polar surface area (TPSA) is 35.1 Å². The van der Waals surface area contributed by atoms with E-state index >= 15 is 0 Å². The van der Waals surface area contributed by atoms with Crippen molar-refractivity contribution >= 4 is 33.2 Å². The number of imidazole rings is 1. The molecule has 4 nitrogen and oxygen atoms in total. The molecule has 0 atom stereocenters. The lowest BCUT2D eigenvalue weighted by atomic mass is 10.2. The first-order chi connectivity index (χ1) is 8.15. The van der Waals surface area contributed by atoms with Gasteiger partial charge in [-0.1, -0.05) is 11.6 Å². The molecule has 0 saturated heterocycles. The minimum absolute atomic E-state index is 0.592. The molecule has 0 N–H and O–H groups in total. The van der Waals surface area contributed by atoms with E-state index in [0.29, 0.717) is 5.15 Å². The summed E-state index contributed by atoms with van der Waals surface area (Å²) in [4.78, 5) is 4.17. The van der Waals surface area contributed by atoms with Crippen molar-refractivity contribution in [2.45, 2.75) is 0 Å². The smallest absolute Gasteiger partial charge is 0.137 e. The third-order valence-corrected chi connectivity index (χ3v) is 3.38. The van der Waals surface area contributed by atoms with E-state index in [9.17, 15) is 0 Å². The standard InChI is InChI=1S/C11H8BrClN4/c1-16-6-8(12)11(15-16)7-2-3-10-14-4-9(13)17(10)5-7/h2-6H,1H3. The minimum Gasteiger partial charge on any atom is -0.290 e. The summed E-state index contributed by atoms with van der Waals surface area (Å²) >= 11 is 9.53. The molecule has 0 aliphatic carbocycles. The zero-order valence-corrected chi connectivity index (χ0v) is 11.3. The lowest BCUT2D eigenvalue weighted by Gasteiger charge is -2.00. The van der Waals surface area contributed by atoms with E-state index in [1.165, 1.54) is 0 Å². The van der Waals surface area contributed by atoms with E-state index in [2.05, 4.69) is 26.0 Å². The first kappa shape index (κ1) is 10.8. The van der Waals surface area contributed by atoms with E-state index in [1.54, 1.807) is 10.9 Å². The molecule has 0 amide bonds. The van der Waals surface area contributed by atoms with Crippen LogP contribution in [0.3, 0.4) is 0 Å². The number of fused-ring (bicyclic) bond motifs is 1. The molecule has 3 heterocycles. The SMILES string of the molecule is Cn1cc(Br)c(-c2ccc3ncc(Cl)n3c2)n1. The average molecular weight is 312 g/mol. The fourth-order valence-corrected chi connectivity index (χ4v) is 2.53. The van der Waals surface area contributed by atoms with E-state index in [4.69, 9.17) is 11.6 Å². The summed E-state index contributed by atoms with van der Waals surface area (Å²) in [7, 11) is 1.89. The maximum absolute atomic E-state index is 6.04. The van der Waals surface area contributed by atoms with Gasteiger partial charge >= 0.3 is 0 Å². The Bertz CT molecular complexity index is 701. The highest BCUT2D eigenvalue weighted by atomic mass is 79.9. The molecule has 0 aliphatic heterocycles. The highest BCUT2D eigenvalue weighted by Gasteiger charge is 2.09. The molecule has 0 aliphatic rings. The van der Waals surface area contributed by atoms with Crippen LogP contribution in [0.25, 0.3) is 16.9 Å². The van der Waals surface area contributed by atoms with Gasteiger partial charge in [0.05, 0.1) is 10.7 Å². The Hall–Kier alpha value is -1.33. The minimum atomic E-state index is 0.592. The van der Waals surface area contributed by atoms with Crippen LogP contribution in [0.5, 0.6) is 0 Å². The van der Waals surface area contributed by atoms with Gasteiger partial charge in [-0.2, -0.15) is 5.10 Å². The van der Waals surface area contributed by atoms with Crippen LogP contribution in [-0.4, -0.2) is 19.2 Å². The summed E-state index contributed by atoms with van der Waals surface area (Å²) < 4.78 is 4.55. The molecule has 0 spiro atoms. The molecular weight excluding hydrogens is 304 g/mol. The average Bonchev–Trinajstić information content (AvgIpc) is 2.83. The second kappa shape index (κ2) is 3.85. The van der Waals surface area contributed by atoms with Gasteiger partial charge in [0.25, 0.3) is 0 Å². The summed E-state index contributed by atoms with van der Waals surface area (Å²) in [6.07, 6.45) is 5.47. The van der Waals surface area contributed by atoms with Crippen LogP contribution in [0.15, 0.2) is 35.2 Å². The number of aryl methyl sites for hydroxylation is 1. The summed E-state index contributed by atoms with van der Waals surface area (Å²) in [6, 6.07) is 3.90.